The van der Waals surface area contributed by atoms with Crippen LogP contribution in [-0.2, 0) is 0 Å². The van der Waals surface area contributed by atoms with Gasteiger partial charge in [0.25, 0.3) is 0 Å². The van der Waals surface area contributed by atoms with Crippen molar-refractivity contribution in [3.8, 4) is 0 Å². The summed E-state index contributed by atoms with van der Waals surface area (Å²) in [5, 5.41) is 16.5. The van der Waals surface area contributed by atoms with E-state index < -0.39 is 5.97 Å². The molecule has 1 aromatic carbocycles. The number of halogens is 1. The van der Waals surface area contributed by atoms with Crippen LogP contribution in [0.3, 0.4) is 0 Å². The number of fused-ring (bicyclic) bond motifs is 1. The number of nitrogens with zero attached hydrogens (tertiary/aromatic N) is 1. The smallest absolute Gasteiger partial charge is 0.338 e. The minimum absolute atomic E-state index is 0.207. The highest BCUT2D eigenvalue weighted by atomic mass is 79.9. The molecule has 4 nitrogen and oxygen atoms in total. The van der Waals surface area contributed by atoms with Gasteiger partial charge in [0, 0.05) is 15.6 Å². The predicted molar refractivity (Wildman–Crippen MR) is 55.5 cm³/mol. The van der Waals surface area contributed by atoms with Crippen molar-refractivity contribution >= 4 is 32.8 Å². The topological polar surface area (TPSA) is 66.0 Å². The van der Waals surface area contributed by atoms with Gasteiger partial charge in [-0.2, -0.15) is 5.10 Å². The molecule has 2 aromatic rings. The van der Waals surface area contributed by atoms with Gasteiger partial charge >= 0.3 is 5.97 Å². The molecule has 2 rings (SSSR count). The molecule has 0 bridgehead atoms. The number of carboxylic acids is 1. The maximum atomic E-state index is 10.9. The Morgan fingerprint density at radius 2 is 2.29 bits per heavy atom. The van der Waals surface area contributed by atoms with Crippen LogP contribution >= 0.6 is 15.9 Å². The maximum absolute atomic E-state index is 10.9. The first kappa shape index (κ1) is 9.21. The Kier molecular flexibility index (Phi) is 2.03. The Morgan fingerprint density at radius 1 is 1.57 bits per heavy atom. The molecule has 1 aromatic heterocycles. The number of nitrogens with one attached hydrogen (secondary N) is 1. The van der Waals surface area contributed by atoms with Crippen LogP contribution in [0.5, 0.6) is 0 Å². The monoisotopic (exact) mass is 254 g/mol. The Bertz CT molecular complexity index is 519. The molecular formula is C9H7BrN2O2. The van der Waals surface area contributed by atoms with Crippen LogP contribution < -0.4 is 0 Å². The number of aromatic amines is 1. The van der Waals surface area contributed by atoms with Gasteiger partial charge in [0.05, 0.1) is 5.56 Å². The summed E-state index contributed by atoms with van der Waals surface area (Å²) in [6.07, 6.45) is 0. The summed E-state index contributed by atoms with van der Waals surface area (Å²) in [7, 11) is 0. The molecule has 1 heterocycles. The van der Waals surface area contributed by atoms with E-state index in [1.165, 1.54) is 0 Å². The zero-order chi connectivity index (χ0) is 10.3. The lowest BCUT2D eigenvalue weighted by molar-refractivity contribution is 0.0698. The molecule has 0 aliphatic heterocycles. The van der Waals surface area contributed by atoms with Gasteiger partial charge in [-0.25, -0.2) is 4.79 Å². The van der Waals surface area contributed by atoms with Crippen molar-refractivity contribution in [2.45, 2.75) is 6.92 Å². The summed E-state index contributed by atoms with van der Waals surface area (Å²) in [6.45, 7) is 1.85. The molecule has 0 amide bonds. The van der Waals surface area contributed by atoms with Crippen LogP contribution in [0.15, 0.2) is 16.6 Å². The van der Waals surface area contributed by atoms with E-state index >= 15 is 0 Å². The van der Waals surface area contributed by atoms with Crippen molar-refractivity contribution in [1.29, 1.82) is 0 Å². The number of carboxylic acid groups (broad SMARTS) is 1. The van der Waals surface area contributed by atoms with Gasteiger partial charge in [-0.15, -0.1) is 0 Å². The lowest BCUT2D eigenvalue weighted by Crippen LogP contribution is -1.97. The van der Waals surface area contributed by atoms with Gasteiger partial charge < -0.3 is 5.11 Å². The van der Waals surface area contributed by atoms with E-state index in [0.29, 0.717) is 5.52 Å². The number of benzene rings is 1. The summed E-state index contributed by atoms with van der Waals surface area (Å²) >= 11 is 3.27. The first-order valence-electron chi connectivity index (χ1n) is 3.97. The normalized spacial score (nSPS) is 10.7. The van der Waals surface area contributed by atoms with Crippen molar-refractivity contribution in [2.24, 2.45) is 0 Å². The van der Waals surface area contributed by atoms with E-state index in [-0.39, 0.29) is 5.56 Å². The van der Waals surface area contributed by atoms with Crippen molar-refractivity contribution in [2.75, 3.05) is 0 Å². The molecule has 2 N–H and O–H groups in total. The fraction of sp³-hybridized carbons (Fsp3) is 0.111. The molecule has 0 fully saturated rings. The average molecular weight is 255 g/mol. The fourth-order valence-corrected chi connectivity index (χ4v) is 1.83. The summed E-state index contributed by atoms with van der Waals surface area (Å²) in [5.74, 6) is -0.970. The van der Waals surface area contributed by atoms with Crippen LogP contribution in [0, 0.1) is 6.92 Å². The van der Waals surface area contributed by atoms with Crippen LogP contribution in [0.2, 0.25) is 0 Å². The summed E-state index contributed by atoms with van der Waals surface area (Å²) < 4.78 is 0.743. The highest BCUT2D eigenvalue weighted by molar-refractivity contribution is 9.10. The van der Waals surface area contributed by atoms with Crippen LogP contribution in [0.4, 0.5) is 0 Å². The van der Waals surface area contributed by atoms with Gasteiger partial charge in [0.15, 0.2) is 0 Å². The average Bonchev–Trinajstić information content (AvgIpc) is 2.47. The number of aryl methyl sites for hydroxylation is 1. The lowest BCUT2D eigenvalue weighted by Gasteiger charge is -1.97. The SMILES string of the molecule is Cc1[nH]nc2c(C(=O)O)cc(Br)cc12. The van der Waals surface area contributed by atoms with E-state index in [1.807, 2.05) is 13.0 Å². The van der Waals surface area contributed by atoms with Crippen molar-refractivity contribution in [3.63, 3.8) is 0 Å². The maximum Gasteiger partial charge on any atom is 0.338 e. The second kappa shape index (κ2) is 3.09. The van der Waals surface area contributed by atoms with E-state index in [0.717, 1.165) is 15.6 Å². The minimum Gasteiger partial charge on any atom is -0.478 e. The molecule has 0 aliphatic rings. The molecule has 5 heteroatoms. The number of hydrogen-bond donors (Lipinski definition) is 2. The molecule has 0 saturated carbocycles. The van der Waals surface area contributed by atoms with E-state index in [1.54, 1.807) is 6.07 Å². The van der Waals surface area contributed by atoms with Crippen LogP contribution in [-0.4, -0.2) is 21.3 Å². The standard InChI is InChI=1S/C9H7BrN2O2/c1-4-6-2-5(10)3-7(9(13)14)8(6)12-11-4/h2-3H,1H3,(H,11,12)(H,13,14). The third-order valence-corrected chi connectivity index (χ3v) is 2.50. The van der Waals surface area contributed by atoms with Crippen molar-refractivity contribution < 1.29 is 9.90 Å². The Balaban J connectivity index is 2.88. The van der Waals surface area contributed by atoms with Gasteiger partial charge in [-0.1, -0.05) is 15.9 Å². The first-order chi connectivity index (χ1) is 6.59. The molecule has 14 heavy (non-hydrogen) atoms. The Morgan fingerprint density at radius 3 is 2.93 bits per heavy atom. The lowest BCUT2D eigenvalue weighted by atomic mass is 10.1. The Labute approximate surface area is 88.1 Å². The van der Waals surface area contributed by atoms with Gasteiger partial charge in [-0.3, -0.25) is 5.10 Å². The first-order valence-corrected chi connectivity index (χ1v) is 4.76. The number of H-pyrrole nitrogens is 1. The minimum atomic E-state index is -0.970. The van der Waals surface area contributed by atoms with Gasteiger partial charge in [0.1, 0.15) is 5.52 Å². The predicted octanol–water partition coefficient (Wildman–Crippen LogP) is 2.33. The van der Waals surface area contributed by atoms with Crippen LogP contribution in [0.1, 0.15) is 16.1 Å². The largest absolute Gasteiger partial charge is 0.478 e. The second-order valence-electron chi connectivity index (χ2n) is 3.00. The highest BCUT2D eigenvalue weighted by Crippen LogP contribution is 2.24. The molecule has 72 valence electrons. The summed E-state index contributed by atoms with van der Waals surface area (Å²) in [5.41, 5.74) is 1.57. The summed E-state index contributed by atoms with van der Waals surface area (Å²) in [4.78, 5) is 10.9. The second-order valence-corrected chi connectivity index (χ2v) is 3.92. The van der Waals surface area contributed by atoms with E-state index in [4.69, 9.17) is 5.11 Å². The zero-order valence-corrected chi connectivity index (χ0v) is 8.92. The molecular weight excluding hydrogens is 248 g/mol. The Hall–Kier alpha value is -1.36. The third-order valence-electron chi connectivity index (χ3n) is 2.04. The number of aromatic nitrogens is 2. The van der Waals surface area contributed by atoms with Gasteiger partial charge in [0.2, 0.25) is 0 Å². The highest BCUT2D eigenvalue weighted by Gasteiger charge is 2.13. The number of carbonyl (C=O) groups is 1. The number of hydrogen-bond acceptors (Lipinski definition) is 2. The number of rotatable bonds is 1. The molecule has 0 atom stereocenters. The van der Waals surface area contributed by atoms with Crippen molar-refractivity contribution in [1.82, 2.24) is 10.2 Å². The molecule has 0 aliphatic carbocycles. The molecule has 0 spiro atoms. The van der Waals surface area contributed by atoms with E-state index in [9.17, 15) is 4.79 Å². The van der Waals surface area contributed by atoms with Crippen LogP contribution in [0.25, 0.3) is 10.9 Å². The quantitative estimate of drug-likeness (QED) is 0.821. The zero-order valence-electron chi connectivity index (χ0n) is 7.34. The molecule has 0 saturated heterocycles. The number of aromatic carboxylic acids is 1. The van der Waals surface area contributed by atoms with E-state index in [2.05, 4.69) is 26.1 Å². The van der Waals surface area contributed by atoms with Crippen molar-refractivity contribution in [3.05, 3.63) is 27.9 Å². The molecule has 0 radical (unpaired) electrons. The summed E-state index contributed by atoms with van der Waals surface area (Å²) in [6, 6.07) is 3.39. The third kappa shape index (κ3) is 1.29. The fourth-order valence-electron chi connectivity index (χ4n) is 1.37. The molecule has 0 unspecified atom stereocenters. The van der Waals surface area contributed by atoms with Gasteiger partial charge in [-0.05, 0) is 19.1 Å².